The molecule has 0 aliphatic rings. The minimum absolute atomic E-state index is 0.592. The summed E-state index contributed by atoms with van der Waals surface area (Å²) in [4.78, 5) is 0. The molecule has 0 aliphatic carbocycles. The molecule has 0 saturated heterocycles. The molecule has 2 rings (SSSR count). The Morgan fingerprint density at radius 1 is 0.867 bits per heavy atom. The van der Waals surface area contributed by atoms with E-state index < -0.39 is 0 Å². The second kappa shape index (κ2) is 3.69. The lowest BCUT2D eigenvalue weighted by Gasteiger charge is -2.13. The summed E-state index contributed by atoms with van der Waals surface area (Å²) in [6.45, 7) is 8.90. The largest absolute Gasteiger partial charge is 0.0614 e. The summed E-state index contributed by atoms with van der Waals surface area (Å²) in [5, 5.41) is 2.86. The minimum atomic E-state index is 0.592. The third-order valence-corrected chi connectivity index (χ3v) is 3.11. The molecule has 0 nitrogen and oxygen atoms in total. The molecule has 0 N–H and O–H groups in total. The fraction of sp³-hybridized carbons (Fsp3) is 0.333. The number of hydrogen-bond donors (Lipinski definition) is 0. The quantitative estimate of drug-likeness (QED) is 0.629. The Morgan fingerprint density at radius 3 is 2.20 bits per heavy atom. The number of aryl methyl sites for hydroxylation is 2. The summed E-state index contributed by atoms with van der Waals surface area (Å²) in [5.41, 5.74) is 4.22. The van der Waals surface area contributed by atoms with E-state index in [2.05, 4.69) is 58.0 Å². The lowest BCUT2D eigenvalue weighted by Crippen LogP contribution is -1.92. The van der Waals surface area contributed by atoms with Gasteiger partial charge in [0.15, 0.2) is 0 Å². The van der Waals surface area contributed by atoms with E-state index in [9.17, 15) is 0 Å². The normalized spacial score (nSPS) is 11.3. The predicted molar refractivity (Wildman–Crippen MR) is 67.5 cm³/mol. The van der Waals surface area contributed by atoms with Crippen LogP contribution in [0.3, 0.4) is 0 Å². The van der Waals surface area contributed by atoms with Crippen molar-refractivity contribution in [2.24, 2.45) is 0 Å². The molecule has 0 radical (unpaired) electrons. The Kier molecular flexibility index (Phi) is 2.52. The Labute approximate surface area is 91.9 Å². The van der Waals surface area contributed by atoms with Crippen LogP contribution in [-0.4, -0.2) is 0 Å². The maximum absolute atomic E-state index is 2.27. The highest BCUT2D eigenvalue weighted by Gasteiger charge is 2.07. The highest BCUT2D eigenvalue weighted by molar-refractivity contribution is 5.91. The standard InChI is InChI=1S/C15H18/c1-10(2)13-9-8-12(4)15-11(3)6-5-7-14(13)15/h5-10H,1-4H3. The van der Waals surface area contributed by atoms with Crippen molar-refractivity contribution in [1.29, 1.82) is 0 Å². The molecule has 2 aromatic rings. The van der Waals surface area contributed by atoms with Crippen LogP contribution < -0.4 is 0 Å². The highest BCUT2D eigenvalue weighted by Crippen LogP contribution is 2.29. The van der Waals surface area contributed by atoms with Gasteiger partial charge in [-0.15, -0.1) is 0 Å². The number of benzene rings is 2. The summed E-state index contributed by atoms with van der Waals surface area (Å²) in [6, 6.07) is 11.1. The van der Waals surface area contributed by atoms with E-state index in [1.54, 1.807) is 0 Å². The number of fused-ring (bicyclic) bond motifs is 1. The van der Waals surface area contributed by atoms with Crippen molar-refractivity contribution in [3.8, 4) is 0 Å². The second-order valence-electron chi connectivity index (χ2n) is 4.62. The van der Waals surface area contributed by atoms with Crippen molar-refractivity contribution >= 4 is 10.8 Å². The van der Waals surface area contributed by atoms with E-state index in [1.807, 2.05) is 0 Å². The van der Waals surface area contributed by atoms with E-state index in [0.717, 1.165) is 0 Å². The van der Waals surface area contributed by atoms with Gasteiger partial charge in [-0.05, 0) is 47.2 Å². The topological polar surface area (TPSA) is 0 Å². The zero-order valence-electron chi connectivity index (χ0n) is 9.96. The number of rotatable bonds is 1. The highest BCUT2D eigenvalue weighted by atomic mass is 14.1. The molecule has 0 saturated carbocycles. The van der Waals surface area contributed by atoms with Gasteiger partial charge >= 0.3 is 0 Å². The molecule has 0 heterocycles. The van der Waals surface area contributed by atoms with Crippen LogP contribution in [0.1, 0.15) is 36.5 Å². The van der Waals surface area contributed by atoms with Crippen LogP contribution in [-0.2, 0) is 0 Å². The molecular weight excluding hydrogens is 180 g/mol. The molecule has 0 aromatic heterocycles. The van der Waals surface area contributed by atoms with Crippen molar-refractivity contribution < 1.29 is 0 Å². The van der Waals surface area contributed by atoms with E-state index in [1.165, 1.54) is 27.5 Å². The van der Waals surface area contributed by atoms with Crippen molar-refractivity contribution in [3.05, 3.63) is 47.0 Å². The van der Waals surface area contributed by atoms with Crippen molar-refractivity contribution in [3.63, 3.8) is 0 Å². The van der Waals surface area contributed by atoms with Gasteiger partial charge in [-0.3, -0.25) is 0 Å². The van der Waals surface area contributed by atoms with Gasteiger partial charge in [0.1, 0.15) is 0 Å². The van der Waals surface area contributed by atoms with Gasteiger partial charge in [0, 0.05) is 0 Å². The van der Waals surface area contributed by atoms with E-state index >= 15 is 0 Å². The molecule has 0 spiro atoms. The van der Waals surface area contributed by atoms with Crippen LogP contribution in [0.2, 0.25) is 0 Å². The van der Waals surface area contributed by atoms with Crippen LogP contribution in [0.25, 0.3) is 10.8 Å². The molecule has 2 aromatic carbocycles. The van der Waals surface area contributed by atoms with Crippen LogP contribution in [0, 0.1) is 13.8 Å². The average molecular weight is 198 g/mol. The van der Waals surface area contributed by atoms with Gasteiger partial charge in [0.2, 0.25) is 0 Å². The first-order valence-electron chi connectivity index (χ1n) is 5.60. The fourth-order valence-electron chi connectivity index (χ4n) is 2.32. The van der Waals surface area contributed by atoms with Gasteiger partial charge in [0.05, 0.1) is 0 Å². The van der Waals surface area contributed by atoms with Gasteiger partial charge < -0.3 is 0 Å². The molecule has 0 atom stereocenters. The average Bonchev–Trinajstić information content (AvgIpc) is 2.17. The summed E-state index contributed by atoms with van der Waals surface area (Å²) in [5.74, 6) is 0.592. The molecule has 0 heteroatoms. The molecule has 0 unspecified atom stereocenters. The third-order valence-electron chi connectivity index (χ3n) is 3.11. The SMILES string of the molecule is Cc1cccc2c(C(C)C)ccc(C)c12. The number of hydrogen-bond acceptors (Lipinski definition) is 0. The van der Waals surface area contributed by atoms with Crippen molar-refractivity contribution in [2.45, 2.75) is 33.6 Å². The molecule has 0 amide bonds. The monoisotopic (exact) mass is 198 g/mol. The summed E-state index contributed by atoms with van der Waals surface area (Å²) in [7, 11) is 0. The molecule has 15 heavy (non-hydrogen) atoms. The van der Waals surface area contributed by atoms with Gasteiger partial charge in [-0.2, -0.15) is 0 Å². The molecule has 0 aliphatic heterocycles. The molecule has 0 fully saturated rings. The van der Waals surface area contributed by atoms with Crippen molar-refractivity contribution in [1.82, 2.24) is 0 Å². The van der Waals surface area contributed by atoms with Gasteiger partial charge in [-0.1, -0.05) is 44.2 Å². The maximum atomic E-state index is 2.27. The summed E-state index contributed by atoms with van der Waals surface area (Å²) in [6.07, 6.45) is 0. The van der Waals surface area contributed by atoms with Crippen LogP contribution in [0.15, 0.2) is 30.3 Å². The van der Waals surface area contributed by atoms with Gasteiger partial charge in [-0.25, -0.2) is 0 Å². The zero-order chi connectivity index (χ0) is 11.0. The summed E-state index contributed by atoms with van der Waals surface area (Å²) >= 11 is 0. The molecule has 78 valence electrons. The first-order chi connectivity index (χ1) is 7.11. The maximum Gasteiger partial charge on any atom is -0.0123 e. The Bertz CT molecular complexity index is 484. The van der Waals surface area contributed by atoms with Crippen LogP contribution >= 0.6 is 0 Å². The van der Waals surface area contributed by atoms with Crippen LogP contribution in [0.5, 0.6) is 0 Å². The Hall–Kier alpha value is -1.30. The lowest BCUT2D eigenvalue weighted by molar-refractivity contribution is 0.876. The van der Waals surface area contributed by atoms with Crippen LogP contribution in [0.4, 0.5) is 0 Å². The second-order valence-corrected chi connectivity index (χ2v) is 4.62. The van der Waals surface area contributed by atoms with Gasteiger partial charge in [0.25, 0.3) is 0 Å². The Morgan fingerprint density at radius 2 is 1.53 bits per heavy atom. The van der Waals surface area contributed by atoms with Crippen molar-refractivity contribution in [2.75, 3.05) is 0 Å². The zero-order valence-corrected chi connectivity index (χ0v) is 9.96. The van der Waals surface area contributed by atoms with E-state index in [4.69, 9.17) is 0 Å². The Balaban J connectivity index is 2.89. The lowest BCUT2D eigenvalue weighted by atomic mass is 9.92. The third kappa shape index (κ3) is 1.65. The first-order valence-corrected chi connectivity index (χ1v) is 5.60. The summed E-state index contributed by atoms with van der Waals surface area (Å²) < 4.78 is 0. The molecule has 0 bridgehead atoms. The first kappa shape index (κ1) is 10.2. The van der Waals surface area contributed by atoms with E-state index in [0.29, 0.717) is 5.92 Å². The fourth-order valence-corrected chi connectivity index (χ4v) is 2.32. The molecular formula is C15H18. The predicted octanol–water partition coefficient (Wildman–Crippen LogP) is 4.58. The smallest absolute Gasteiger partial charge is 0.0123 e. The van der Waals surface area contributed by atoms with E-state index in [-0.39, 0.29) is 0 Å². The minimum Gasteiger partial charge on any atom is -0.0614 e.